The van der Waals surface area contributed by atoms with Gasteiger partial charge in [0.1, 0.15) is 0 Å². The molecule has 1 unspecified atom stereocenters. The number of carboxylic acids is 1. The van der Waals surface area contributed by atoms with Gasteiger partial charge in [-0.3, -0.25) is 9.59 Å². The van der Waals surface area contributed by atoms with Crippen molar-refractivity contribution in [3.05, 3.63) is 35.9 Å². The summed E-state index contributed by atoms with van der Waals surface area (Å²) in [7, 11) is 1.79. The zero-order valence-corrected chi connectivity index (χ0v) is 13.6. The number of carbonyl (C=O) groups is 2. The molecule has 0 saturated heterocycles. The topological polar surface area (TPSA) is 57.6 Å². The molecule has 1 aromatic rings. The van der Waals surface area contributed by atoms with Gasteiger partial charge >= 0.3 is 5.97 Å². The lowest BCUT2D eigenvalue weighted by Crippen LogP contribution is -2.44. The smallest absolute Gasteiger partial charge is 0.310 e. The van der Waals surface area contributed by atoms with Gasteiger partial charge in [-0.15, -0.1) is 0 Å². The molecule has 120 valence electrons. The Morgan fingerprint density at radius 2 is 1.82 bits per heavy atom. The Hall–Kier alpha value is -1.84. The van der Waals surface area contributed by atoms with E-state index >= 15 is 0 Å². The Morgan fingerprint density at radius 3 is 2.23 bits per heavy atom. The van der Waals surface area contributed by atoms with E-state index in [1.807, 2.05) is 30.3 Å². The van der Waals surface area contributed by atoms with Gasteiger partial charge in [-0.25, -0.2) is 0 Å². The van der Waals surface area contributed by atoms with E-state index in [1.54, 1.807) is 11.9 Å². The van der Waals surface area contributed by atoms with Gasteiger partial charge in [0, 0.05) is 13.5 Å². The van der Waals surface area contributed by atoms with E-state index in [-0.39, 0.29) is 24.3 Å². The monoisotopic (exact) mass is 303 g/mol. The molecule has 1 amide bonds. The molecule has 4 nitrogen and oxygen atoms in total. The third-order valence-electron chi connectivity index (χ3n) is 4.84. The Balaban J connectivity index is 2.15. The molecule has 0 heterocycles. The highest BCUT2D eigenvalue weighted by Crippen LogP contribution is 2.45. The van der Waals surface area contributed by atoms with Gasteiger partial charge in [0.05, 0.1) is 11.5 Å². The molecule has 0 aromatic heterocycles. The van der Waals surface area contributed by atoms with E-state index in [2.05, 4.69) is 13.8 Å². The second kappa shape index (κ2) is 6.51. The molecule has 0 bridgehead atoms. The van der Waals surface area contributed by atoms with Crippen LogP contribution >= 0.6 is 0 Å². The number of rotatable bonds is 6. The fraction of sp³-hybridized carbons (Fsp3) is 0.556. The molecule has 4 heteroatoms. The number of hydrogen-bond acceptors (Lipinski definition) is 2. The maximum absolute atomic E-state index is 12.6. The van der Waals surface area contributed by atoms with Crippen LogP contribution in [-0.4, -0.2) is 28.9 Å². The van der Waals surface area contributed by atoms with Crippen LogP contribution in [0.2, 0.25) is 0 Å². The van der Waals surface area contributed by atoms with Crippen molar-refractivity contribution in [2.75, 3.05) is 7.05 Å². The van der Waals surface area contributed by atoms with Gasteiger partial charge < -0.3 is 10.0 Å². The van der Waals surface area contributed by atoms with Crippen LogP contribution in [-0.2, 0) is 9.59 Å². The largest absolute Gasteiger partial charge is 0.481 e. The minimum absolute atomic E-state index is 0.0281. The van der Waals surface area contributed by atoms with Gasteiger partial charge in [0.15, 0.2) is 0 Å². The molecular weight excluding hydrogens is 278 g/mol. The van der Waals surface area contributed by atoms with Crippen molar-refractivity contribution in [1.29, 1.82) is 0 Å². The maximum atomic E-state index is 12.6. The van der Waals surface area contributed by atoms with E-state index in [4.69, 9.17) is 0 Å². The fourth-order valence-electron chi connectivity index (χ4n) is 3.35. The summed E-state index contributed by atoms with van der Waals surface area (Å²) in [6.45, 7) is 4.16. The summed E-state index contributed by atoms with van der Waals surface area (Å²) in [5.74, 6) is -0.649. The highest BCUT2D eigenvalue weighted by atomic mass is 16.4. The molecular formula is C18H25NO3. The molecule has 2 rings (SSSR count). The van der Waals surface area contributed by atoms with Gasteiger partial charge in [0.2, 0.25) is 5.91 Å². The summed E-state index contributed by atoms with van der Waals surface area (Å²) in [4.78, 5) is 25.8. The van der Waals surface area contributed by atoms with Crippen molar-refractivity contribution in [3.63, 3.8) is 0 Å². The quantitative estimate of drug-likeness (QED) is 0.875. The molecule has 0 spiro atoms. The average molecular weight is 303 g/mol. The Kier molecular flexibility index (Phi) is 4.89. The molecule has 0 aliphatic heterocycles. The fourth-order valence-corrected chi connectivity index (χ4v) is 3.35. The Labute approximate surface area is 132 Å². The first-order valence-electron chi connectivity index (χ1n) is 7.91. The summed E-state index contributed by atoms with van der Waals surface area (Å²) < 4.78 is 0. The maximum Gasteiger partial charge on any atom is 0.310 e. The number of benzene rings is 1. The van der Waals surface area contributed by atoms with Gasteiger partial charge in [-0.1, -0.05) is 50.6 Å². The van der Waals surface area contributed by atoms with Crippen LogP contribution in [0.5, 0.6) is 0 Å². The summed E-state index contributed by atoms with van der Waals surface area (Å²) >= 11 is 0. The summed E-state index contributed by atoms with van der Waals surface area (Å²) in [5.41, 5.74) is 0.259. The highest BCUT2D eigenvalue weighted by molar-refractivity contribution is 5.85. The molecule has 0 radical (unpaired) electrons. The SMILES string of the molecule is CC(C)C(c1ccccc1)N(C)C(=O)CC1(C(=O)O)CCC1. The van der Waals surface area contributed by atoms with Crippen molar-refractivity contribution in [2.45, 2.75) is 45.6 Å². The lowest BCUT2D eigenvalue weighted by Gasteiger charge is -2.40. The van der Waals surface area contributed by atoms with Crippen LogP contribution in [0.25, 0.3) is 0 Å². The van der Waals surface area contributed by atoms with Gasteiger partial charge in [-0.2, -0.15) is 0 Å². The number of carboxylic acid groups (broad SMARTS) is 1. The zero-order valence-electron chi connectivity index (χ0n) is 13.6. The van der Waals surface area contributed by atoms with Crippen molar-refractivity contribution in [2.24, 2.45) is 11.3 Å². The highest BCUT2D eigenvalue weighted by Gasteiger charge is 2.46. The third-order valence-corrected chi connectivity index (χ3v) is 4.84. The molecule has 22 heavy (non-hydrogen) atoms. The number of carbonyl (C=O) groups excluding carboxylic acids is 1. The van der Waals surface area contributed by atoms with Gasteiger partial charge in [-0.05, 0) is 24.3 Å². The summed E-state index contributed by atoms with van der Waals surface area (Å²) in [6.07, 6.45) is 2.23. The lowest BCUT2D eigenvalue weighted by atomic mass is 9.66. The van der Waals surface area contributed by atoms with Crippen LogP contribution in [0, 0.1) is 11.3 Å². The minimum Gasteiger partial charge on any atom is -0.481 e. The van der Waals surface area contributed by atoms with Crippen LogP contribution in [0.4, 0.5) is 0 Å². The number of nitrogens with zero attached hydrogens (tertiary/aromatic N) is 1. The molecule has 1 aromatic carbocycles. The van der Waals surface area contributed by atoms with Gasteiger partial charge in [0.25, 0.3) is 0 Å². The number of amides is 1. The Bertz CT molecular complexity index is 535. The van der Waals surface area contributed by atoms with E-state index in [0.717, 1.165) is 12.0 Å². The second-order valence-electron chi connectivity index (χ2n) is 6.72. The van der Waals surface area contributed by atoms with Crippen LogP contribution in [0.15, 0.2) is 30.3 Å². The molecule has 1 N–H and O–H groups in total. The average Bonchev–Trinajstić information content (AvgIpc) is 2.43. The standard InChI is InChI=1S/C18H25NO3/c1-13(2)16(14-8-5-4-6-9-14)19(3)15(20)12-18(17(21)22)10-7-11-18/h4-6,8-9,13,16H,7,10-12H2,1-3H3,(H,21,22). The van der Waals surface area contributed by atoms with Crippen LogP contribution in [0.3, 0.4) is 0 Å². The molecule has 1 fully saturated rings. The predicted molar refractivity (Wildman–Crippen MR) is 85.3 cm³/mol. The molecule has 1 atom stereocenters. The second-order valence-corrected chi connectivity index (χ2v) is 6.72. The van der Waals surface area contributed by atoms with Crippen molar-refractivity contribution in [3.8, 4) is 0 Å². The predicted octanol–water partition coefficient (Wildman–Crippen LogP) is 3.49. The number of aliphatic carboxylic acids is 1. The minimum atomic E-state index is -0.832. The first-order chi connectivity index (χ1) is 10.4. The first kappa shape index (κ1) is 16.5. The van der Waals surface area contributed by atoms with E-state index in [1.165, 1.54) is 0 Å². The van der Waals surface area contributed by atoms with Crippen LogP contribution in [0.1, 0.15) is 51.1 Å². The van der Waals surface area contributed by atoms with Crippen LogP contribution < -0.4 is 0 Å². The van der Waals surface area contributed by atoms with E-state index in [9.17, 15) is 14.7 Å². The normalized spacial score (nSPS) is 17.6. The summed E-state index contributed by atoms with van der Waals surface area (Å²) in [6, 6.07) is 9.90. The van der Waals surface area contributed by atoms with E-state index < -0.39 is 11.4 Å². The van der Waals surface area contributed by atoms with E-state index in [0.29, 0.717) is 12.8 Å². The van der Waals surface area contributed by atoms with Crippen molar-refractivity contribution in [1.82, 2.24) is 4.90 Å². The first-order valence-corrected chi connectivity index (χ1v) is 7.91. The van der Waals surface area contributed by atoms with Crippen molar-refractivity contribution < 1.29 is 14.7 Å². The lowest BCUT2D eigenvalue weighted by molar-refractivity contribution is -0.160. The molecule has 1 saturated carbocycles. The molecule has 1 aliphatic carbocycles. The summed E-state index contributed by atoms with van der Waals surface area (Å²) in [5, 5.41) is 9.41. The third kappa shape index (κ3) is 3.16. The number of hydrogen-bond donors (Lipinski definition) is 1. The molecule has 1 aliphatic rings. The zero-order chi connectivity index (χ0) is 16.3. The Morgan fingerprint density at radius 1 is 1.23 bits per heavy atom. The van der Waals surface area contributed by atoms with Crippen molar-refractivity contribution >= 4 is 11.9 Å².